The topological polar surface area (TPSA) is 64.2 Å². The molecule has 5 rings (SSSR count). The maximum Gasteiger partial charge on any atom is 0.362 e. The molecule has 2 heterocycles. The molecule has 0 saturated heterocycles. The molecule has 6 nitrogen and oxygen atoms in total. The molecule has 0 spiro atoms. The number of hydrogen-bond acceptors (Lipinski definition) is 5. The van der Waals surface area contributed by atoms with Gasteiger partial charge in [0.1, 0.15) is 11.3 Å². The van der Waals surface area contributed by atoms with Crippen LogP contribution in [-0.4, -0.2) is 28.1 Å². The Morgan fingerprint density at radius 1 is 0.879 bits per heavy atom. The molecule has 0 N–H and O–H groups in total. The molecule has 33 heavy (non-hydrogen) atoms. The average Bonchev–Trinajstić information content (AvgIpc) is 3.35. The van der Waals surface area contributed by atoms with Gasteiger partial charge in [-0.25, -0.2) is 9.48 Å². The van der Waals surface area contributed by atoms with Crippen molar-refractivity contribution in [3.63, 3.8) is 0 Å². The normalized spacial score (nSPS) is 11.1. The molecule has 164 valence electrons. The summed E-state index contributed by atoms with van der Waals surface area (Å²) in [5, 5.41) is 9.25. The van der Waals surface area contributed by atoms with E-state index in [1.54, 1.807) is 6.20 Å². The predicted molar refractivity (Wildman–Crippen MR) is 132 cm³/mol. The molecule has 3 aromatic carbocycles. The molecule has 0 saturated carbocycles. The summed E-state index contributed by atoms with van der Waals surface area (Å²) in [5.41, 5.74) is 5.30. The molecule has 0 aliphatic heterocycles. The monoisotopic (exact) mass is 436 g/mol. The number of anilines is 1. The zero-order valence-electron chi connectivity index (χ0n) is 18.6. The van der Waals surface area contributed by atoms with Gasteiger partial charge >= 0.3 is 5.63 Å². The van der Waals surface area contributed by atoms with Crippen molar-refractivity contribution in [1.29, 1.82) is 0 Å². The Morgan fingerprint density at radius 2 is 1.55 bits per heavy atom. The van der Waals surface area contributed by atoms with Gasteiger partial charge in [0.25, 0.3) is 0 Å². The van der Waals surface area contributed by atoms with Crippen LogP contribution in [0, 0.1) is 0 Å². The Hall–Kier alpha value is -4.19. The van der Waals surface area contributed by atoms with Crippen molar-refractivity contribution in [2.45, 2.75) is 13.8 Å². The minimum absolute atomic E-state index is 0.326. The highest BCUT2D eigenvalue weighted by Gasteiger charge is 2.16. The van der Waals surface area contributed by atoms with Crippen molar-refractivity contribution in [1.82, 2.24) is 15.0 Å². The van der Waals surface area contributed by atoms with Crippen LogP contribution in [0.25, 0.3) is 39.0 Å². The van der Waals surface area contributed by atoms with E-state index in [4.69, 9.17) is 4.42 Å². The van der Waals surface area contributed by atoms with Gasteiger partial charge < -0.3 is 9.32 Å². The van der Waals surface area contributed by atoms with Crippen LogP contribution in [0.4, 0.5) is 5.69 Å². The lowest BCUT2D eigenvalue weighted by atomic mass is 10.0. The molecule has 0 bridgehead atoms. The fourth-order valence-corrected chi connectivity index (χ4v) is 4.10. The SMILES string of the molecule is CCN(CC)c1cc2oc(=O)c(-n3cc(-c4ccccc4)nn3)cc2cc1-c1ccccc1. The predicted octanol–water partition coefficient (Wildman–Crippen LogP) is 5.55. The second-order valence-electron chi connectivity index (χ2n) is 7.78. The third kappa shape index (κ3) is 3.91. The van der Waals surface area contributed by atoms with Crippen molar-refractivity contribution in [3.05, 3.63) is 95.5 Å². The highest BCUT2D eigenvalue weighted by molar-refractivity contribution is 5.92. The quantitative estimate of drug-likeness (QED) is 0.326. The van der Waals surface area contributed by atoms with E-state index in [0.29, 0.717) is 17.0 Å². The molecule has 0 aliphatic rings. The summed E-state index contributed by atoms with van der Waals surface area (Å²) in [6, 6.07) is 25.9. The smallest absolute Gasteiger partial charge is 0.362 e. The van der Waals surface area contributed by atoms with Gasteiger partial charge in [-0.3, -0.25) is 0 Å². The van der Waals surface area contributed by atoms with E-state index in [9.17, 15) is 4.79 Å². The standard InChI is InChI=1S/C27H24N4O2/c1-3-30(4-2)24-17-26-21(15-22(24)19-11-7-5-8-12-19)16-25(27(32)33-26)31-18-23(28-29-31)20-13-9-6-10-14-20/h5-18H,3-4H2,1-2H3. The number of fused-ring (bicyclic) bond motifs is 1. The summed E-state index contributed by atoms with van der Waals surface area (Å²) in [6.45, 7) is 5.95. The van der Waals surface area contributed by atoms with Crippen LogP contribution in [0.2, 0.25) is 0 Å². The number of aromatic nitrogens is 3. The molecule has 0 fully saturated rings. The first-order valence-corrected chi connectivity index (χ1v) is 11.1. The third-order valence-electron chi connectivity index (χ3n) is 5.83. The maximum absolute atomic E-state index is 12.9. The van der Waals surface area contributed by atoms with Gasteiger partial charge in [-0.05, 0) is 31.5 Å². The summed E-state index contributed by atoms with van der Waals surface area (Å²) in [7, 11) is 0. The third-order valence-corrected chi connectivity index (χ3v) is 5.83. The largest absolute Gasteiger partial charge is 0.421 e. The fourth-order valence-electron chi connectivity index (χ4n) is 4.10. The minimum Gasteiger partial charge on any atom is -0.421 e. The summed E-state index contributed by atoms with van der Waals surface area (Å²) < 4.78 is 7.24. The first-order valence-electron chi connectivity index (χ1n) is 11.1. The van der Waals surface area contributed by atoms with E-state index < -0.39 is 5.63 Å². The molecular weight excluding hydrogens is 412 g/mol. The van der Waals surface area contributed by atoms with E-state index in [2.05, 4.69) is 47.3 Å². The first-order chi connectivity index (χ1) is 16.2. The Kier molecular flexibility index (Phi) is 5.48. The lowest BCUT2D eigenvalue weighted by molar-refractivity contribution is 0.550. The number of nitrogens with zero attached hydrogens (tertiary/aromatic N) is 4. The van der Waals surface area contributed by atoms with Crippen LogP contribution in [0.15, 0.2) is 94.3 Å². The second kappa shape index (κ2) is 8.74. The molecule has 0 radical (unpaired) electrons. The van der Waals surface area contributed by atoms with Gasteiger partial charge in [0, 0.05) is 41.4 Å². The fraction of sp³-hybridized carbons (Fsp3) is 0.148. The number of rotatable bonds is 6. The van der Waals surface area contributed by atoms with Crippen molar-refractivity contribution in [2.24, 2.45) is 0 Å². The highest BCUT2D eigenvalue weighted by atomic mass is 16.4. The van der Waals surface area contributed by atoms with Crippen molar-refractivity contribution in [2.75, 3.05) is 18.0 Å². The van der Waals surface area contributed by atoms with Crippen LogP contribution in [-0.2, 0) is 0 Å². The maximum atomic E-state index is 12.9. The Bertz CT molecular complexity index is 1450. The van der Waals surface area contributed by atoms with E-state index >= 15 is 0 Å². The zero-order valence-corrected chi connectivity index (χ0v) is 18.6. The van der Waals surface area contributed by atoms with E-state index in [-0.39, 0.29) is 0 Å². The molecule has 0 aliphatic carbocycles. The van der Waals surface area contributed by atoms with Crippen molar-refractivity contribution in [3.8, 4) is 28.1 Å². The summed E-state index contributed by atoms with van der Waals surface area (Å²) in [5.74, 6) is 0. The van der Waals surface area contributed by atoms with Gasteiger partial charge in [0.2, 0.25) is 0 Å². The van der Waals surface area contributed by atoms with Crippen LogP contribution in [0.5, 0.6) is 0 Å². The van der Waals surface area contributed by atoms with Crippen LogP contribution < -0.4 is 10.5 Å². The van der Waals surface area contributed by atoms with Crippen LogP contribution in [0.3, 0.4) is 0 Å². The minimum atomic E-state index is -0.454. The molecule has 0 unspecified atom stereocenters. The van der Waals surface area contributed by atoms with E-state index in [0.717, 1.165) is 40.9 Å². The van der Waals surface area contributed by atoms with E-state index in [1.807, 2.05) is 60.7 Å². The lowest BCUT2D eigenvalue weighted by Gasteiger charge is -2.24. The first kappa shape index (κ1) is 20.7. The summed E-state index contributed by atoms with van der Waals surface area (Å²) in [6.07, 6.45) is 1.75. The van der Waals surface area contributed by atoms with Crippen molar-refractivity contribution < 1.29 is 4.42 Å². The van der Waals surface area contributed by atoms with Gasteiger partial charge in [-0.2, -0.15) is 0 Å². The number of benzene rings is 3. The van der Waals surface area contributed by atoms with E-state index in [1.165, 1.54) is 4.68 Å². The Morgan fingerprint density at radius 3 is 2.21 bits per heavy atom. The number of hydrogen-bond donors (Lipinski definition) is 0. The average molecular weight is 437 g/mol. The molecular formula is C27H24N4O2. The summed E-state index contributed by atoms with van der Waals surface area (Å²) in [4.78, 5) is 15.1. The Balaban J connectivity index is 1.66. The second-order valence-corrected chi connectivity index (χ2v) is 7.78. The van der Waals surface area contributed by atoms with Gasteiger partial charge in [-0.15, -0.1) is 5.10 Å². The van der Waals surface area contributed by atoms with Crippen LogP contribution in [0.1, 0.15) is 13.8 Å². The molecule has 5 aromatic rings. The molecule has 0 amide bonds. The van der Waals surface area contributed by atoms with Gasteiger partial charge in [0.15, 0.2) is 5.69 Å². The molecule has 0 atom stereocenters. The summed E-state index contributed by atoms with van der Waals surface area (Å²) >= 11 is 0. The Labute approximate surface area is 191 Å². The zero-order chi connectivity index (χ0) is 22.8. The van der Waals surface area contributed by atoms with Crippen LogP contribution >= 0.6 is 0 Å². The van der Waals surface area contributed by atoms with Crippen molar-refractivity contribution >= 4 is 16.7 Å². The lowest BCUT2D eigenvalue weighted by Crippen LogP contribution is -2.22. The molecule has 2 aromatic heterocycles. The van der Waals surface area contributed by atoms with Gasteiger partial charge in [0.05, 0.1) is 6.20 Å². The highest BCUT2D eigenvalue weighted by Crippen LogP contribution is 2.35. The molecule has 6 heteroatoms. The van der Waals surface area contributed by atoms with Gasteiger partial charge in [-0.1, -0.05) is 65.9 Å².